The number of H-pyrrole nitrogens is 1. The van der Waals surface area contributed by atoms with E-state index in [0.29, 0.717) is 35.6 Å². The number of amides is 1. The molecule has 2 aromatic heterocycles. The molecular formula is C21H23N5O2. The predicted octanol–water partition coefficient (Wildman–Crippen LogP) is 2.10. The fraction of sp³-hybridized carbons (Fsp3) is 0.381. The Bertz CT molecular complexity index is 1090. The number of hydrogen-bond acceptors (Lipinski definition) is 4. The number of benzene rings is 1. The predicted molar refractivity (Wildman–Crippen MR) is 108 cm³/mol. The molecule has 0 spiro atoms. The Labute approximate surface area is 162 Å². The van der Waals surface area contributed by atoms with E-state index < -0.39 is 0 Å². The summed E-state index contributed by atoms with van der Waals surface area (Å²) >= 11 is 0. The minimum Gasteiger partial charge on any atom is -0.368 e. The van der Waals surface area contributed by atoms with Crippen LogP contribution in [-0.2, 0) is 7.05 Å². The lowest BCUT2D eigenvalue weighted by atomic mass is 10.1. The summed E-state index contributed by atoms with van der Waals surface area (Å²) < 4.78 is 1.62. The number of carbonyl (C=O) groups excluding carboxylic acids is 1. The van der Waals surface area contributed by atoms with Crippen LogP contribution in [-0.4, -0.2) is 51.8 Å². The number of para-hydroxylation sites is 1. The van der Waals surface area contributed by atoms with E-state index >= 15 is 0 Å². The van der Waals surface area contributed by atoms with Gasteiger partial charge in [-0.3, -0.25) is 19.4 Å². The first-order valence-electron chi connectivity index (χ1n) is 9.81. The summed E-state index contributed by atoms with van der Waals surface area (Å²) in [7, 11) is 1.76. The molecule has 144 valence electrons. The molecule has 1 N–H and O–H groups in total. The first kappa shape index (κ1) is 17.0. The van der Waals surface area contributed by atoms with E-state index in [1.807, 2.05) is 29.2 Å². The average Bonchev–Trinajstić information content (AvgIpc) is 3.54. The largest absolute Gasteiger partial charge is 0.368 e. The summed E-state index contributed by atoms with van der Waals surface area (Å²) in [6.07, 6.45) is 2.19. The quantitative estimate of drug-likeness (QED) is 0.759. The lowest BCUT2D eigenvalue weighted by Crippen LogP contribution is -2.49. The molecule has 0 unspecified atom stereocenters. The normalized spacial score (nSPS) is 17.3. The van der Waals surface area contributed by atoms with Crippen molar-refractivity contribution in [2.24, 2.45) is 7.05 Å². The number of nitrogens with one attached hydrogen (secondary N) is 1. The number of piperazine rings is 1. The third kappa shape index (κ3) is 2.87. The van der Waals surface area contributed by atoms with Gasteiger partial charge in [-0.05, 0) is 31.0 Å². The van der Waals surface area contributed by atoms with Crippen LogP contribution >= 0.6 is 0 Å². The van der Waals surface area contributed by atoms with Crippen molar-refractivity contribution in [2.45, 2.75) is 18.8 Å². The van der Waals surface area contributed by atoms with Crippen molar-refractivity contribution in [2.75, 3.05) is 31.1 Å². The van der Waals surface area contributed by atoms with Gasteiger partial charge in [0.05, 0.1) is 10.9 Å². The second-order valence-corrected chi connectivity index (χ2v) is 7.68. The average molecular weight is 377 g/mol. The number of fused-ring (bicyclic) bond motifs is 1. The van der Waals surface area contributed by atoms with E-state index in [0.717, 1.165) is 31.6 Å². The lowest BCUT2D eigenvalue weighted by molar-refractivity contribution is 0.0748. The summed E-state index contributed by atoms with van der Waals surface area (Å²) in [5.74, 6) is 0.342. The van der Waals surface area contributed by atoms with Crippen LogP contribution < -0.4 is 10.5 Å². The maximum absolute atomic E-state index is 13.3. The smallest absolute Gasteiger partial charge is 0.274 e. The molecule has 0 bridgehead atoms. The number of pyridine rings is 1. The monoisotopic (exact) mass is 377 g/mol. The Morgan fingerprint density at radius 3 is 2.50 bits per heavy atom. The zero-order valence-electron chi connectivity index (χ0n) is 15.9. The summed E-state index contributed by atoms with van der Waals surface area (Å²) in [4.78, 5) is 34.6. The van der Waals surface area contributed by atoms with Crippen LogP contribution in [0, 0.1) is 0 Å². The van der Waals surface area contributed by atoms with Crippen molar-refractivity contribution in [3.63, 3.8) is 0 Å². The van der Waals surface area contributed by atoms with Crippen LogP contribution in [0.3, 0.4) is 0 Å². The molecule has 5 rings (SSSR count). The molecular weight excluding hydrogens is 354 g/mol. The Morgan fingerprint density at radius 1 is 1.11 bits per heavy atom. The van der Waals surface area contributed by atoms with Gasteiger partial charge in [0.1, 0.15) is 0 Å². The number of rotatable bonds is 3. The van der Waals surface area contributed by atoms with Crippen molar-refractivity contribution in [3.8, 4) is 0 Å². The Hall–Kier alpha value is -3.09. The minimum absolute atomic E-state index is 0.0706. The molecule has 1 amide bonds. The van der Waals surface area contributed by atoms with Gasteiger partial charge in [0.2, 0.25) is 0 Å². The van der Waals surface area contributed by atoms with E-state index in [9.17, 15) is 9.59 Å². The zero-order valence-corrected chi connectivity index (χ0v) is 15.9. The van der Waals surface area contributed by atoms with Crippen LogP contribution in [0.4, 0.5) is 5.69 Å². The van der Waals surface area contributed by atoms with E-state index in [2.05, 4.69) is 27.1 Å². The third-order valence-electron chi connectivity index (χ3n) is 5.75. The van der Waals surface area contributed by atoms with Gasteiger partial charge < -0.3 is 9.80 Å². The number of nitrogens with zero attached hydrogens (tertiary/aromatic N) is 4. The number of carbonyl (C=O) groups is 1. The van der Waals surface area contributed by atoms with Crippen molar-refractivity contribution in [3.05, 3.63) is 58.0 Å². The van der Waals surface area contributed by atoms with Gasteiger partial charge in [-0.1, -0.05) is 18.2 Å². The van der Waals surface area contributed by atoms with Gasteiger partial charge in [-0.25, -0.2) is 4.98 Å². The zero-order chi connectivity index (χ0) is 19.3. The van der Waals surface area contributed by atoms with Crippen molar-refractivity contribution in [1.82, 2.24) is 19.7 Å². The molecule has 2 aliphatic rings. The van der Waals surface area contributed by atoms with Crippen molar-refractivity contribution >= 4 is 22.6 Å². The van der Waals surface area contributed by atoms with Crippen LogP contribution in [0.2, 0.25) is 0 Å². The standard InChI is InChI=1S/C21H23N5O2/c1-24-19-18(20(27)23-24)16(13-17(22-19)14-7-8-14)21(28)26-11-9-25(10-12-26)15-5-3-2-4-6-15/h2-6,13-14H,7-12H2,1H3,(H,23,27). The Balaban J connectivity index is 1.44. The molecule has 0 radical (unpaired) electrons. The van der Waals surface area contributed by atoms with E-state index in [4.69, 9.17) is 0 Å². The number of aromatic amines is 1. The molecule has 1 aliphatic carbocycles. The number of aromatic nitrogens is 3. The van der Waals surface area contributed by atoms with E-state index in [1.165, 1.54) is 5.69 Å². The molecule has 7 heteroatoms. The second-order valence-electron chi connectivity index (χ2n) is 7.68. The highest BCUT2D eigenvalue weighted by Crippen LogP contribution is 2.40. The third-order valence-corrected chi connectivity index (χ3v) is 5.75. The minimum atomic E-state index is -0.251. The van der Waals surface area contributed by atoms with Crippen LogP contribution in [0.5, 0.6) is 0 Å². The van der Waals surface area contributed by atoms with Crippen LogP contribution in [0.15, 0.2) is 41.2 Å². The summed E-state index contributed by atoms with van der Waals surface area (Å²) in [5, 5.41) is 3.15. The molecule has 1 aliphatic heterocycles. The first-order chi connectivity index (χ1) is 13.6. The summed E-state index contributed by atoms with van der Waals surface area (Å²) in [5.41, 5.74) is 2.91. The van der Waals surface area contributed by atoms with Gasteiger partial charge in [-0.15, -0.1) is 0 Å². The summed E-state index contributed by atoms with van der Waals surface area (Å²) in [6.45, 7) is 2.84. The SMILES string of the molecule is Cn1[nH]c(=O)c2c(C(=O)N3CCN(c4ccccc4)CC3)cc(C3CC3)nc21. The number of hydrogen-bond donors (Lipinski definition) is 1. The lowest BCUT2D eigenvalue weighted by Gasteiger charge is -2.36. The highest BCUT2D eigenvalue weighted by molar-refractivity contribution is 6.05. The molecule has 28 heavy (non-hydrogen) atoms. The van der Waals surface area contributed by atoms with E-state index in [-0.39, 0.29) is 11.5 Å². The molecule has 0 atom stereocenters. The van der Waals surface area contributed by atoms with Crippen LogP contribution in [0.1, 0.15) is 34.8 Å². The number of anilines is 1. The highest BCUT2D eigenvalue weighted by Gasteiger charge is 2.30. The summed E-state index contributed by atoms with van der Waals surface area (Å²) in [6, 6.07) is 12.1. The maximum Gasteiger partial charge on any atom is 0.274 e. The molecule has 3 heterocycles. The van der Waals surface area contributed by atoms with Crippen LogP contribution in [0.25, 0.3) is 11.0 Å². The Morgan fingerprint density at radius 2 is 1.82 bits per heavy atom. The fourth-order valence-electron chi connectivity index (χ4n) is 4.01. The van der Waals surface area contributed by atoms with Crippen molar-refractivity contribution in [1.29, 1.82) is 0 Å². The van der Waals surface area contributed by atoms with Gasteiger partial charge in [-0.2, -0.15) is 0 Å². The molecule has 1 aromatic carbocycles. The van der Waals surface area contributed by atoms with Crippen molar-refractivity contribution < 1.29 is 4.79 Å². The Kier molecular flexibility index (Phi) is 3.96. The number of aryl methyl sites for hydroxylation is 1. The second kappa shape index (κ2) is 6.51. The molecule has 1 saturated heterocycles. The molecule has 3 aromatic rings. The molecule has 2 fully saturated rings. The highest BCUT2D eigenvalue weighted by atomic mass is 16.2. The topological polar surface area (TPSA) is 74.2 Å². The van der Waals surface area contributed by atoms with Gasteiger partial charge >= 0.3 is 0 Å². The maximum atomic E-state index is 13.3. The van der Waals surface area contributed by atoms with Gasteiger partial charge in [0, 0.05) is 50.5 Å². The molecule has 1 saturated carbocycles. The first-order valence-corrected chi connectivity index (χ1v) is 9.81. The van der Waals surface area contributed by atoms with E-state index in [1.54, 1.807) is 11.7 Å². The fourth-order valence-corrected chi connectivity index (χ4v) is 4.01. The molecule has 7 nitrogen and oxygen atoms in total. The van der Waals surface area contributed by atoms with Gasteiger partial charge in [0.25, 0.3) is 11.5 Å². The van der Waals surface area contributed by atoms with Gasteiger partial charge in [0.15, 0.2) is 5.65 Å².